The highest BCUT2D eigenvalue weighted by Crippen LogP contribution is 2.31. The van der Waals surface area contributed by atoms with E-state index in [1.807, 2.05) is 32.9 Å². The van der Waals surface area contributed by atoms with Crippen molar-refractivity contribution in [2.45, 2.75) is 40.7 Å². The zero-order chi connectivity index (χ0) is 15.3. The summed E-state index contributed by atoms with van der Waals surface area (Å²) < 4.78 is 0. The van der Waals surface area contributed by atoms with Crippen LogP contribution in [0, 0.1) is 18.3 Å². The SMILES string of the molecule is Cc1cccnc1CNC(=O)CC(C)(C(=O)O)C(C)C. The summed E-state index contributed by atoms with van der Waals surface area (Å²) in [6.07, 6.45) is 1.63. The second kappa shape index (κ2) is 6.50. The monoisotopic (exact) mass is 278 g/mol. The Hall–Kier alpha value is -1.91. The number of carbonyl (C=O) groups is 2. The first kappa shape index (κ1) is 16.1. The normalized spacial score (nSPS) is 13.8. The molecule has 1 rings (SSSR count). The number of rotatable bonds is 6. The summed E-state index contributed by atoms with van der Waals surface area (Å²) in [5.74, 6) is -1.34. The summed E-state index contributed by atoms with van der Waals surface area (Å²) in [7, 11) is 0. The zero-order valence-electron chi connectivity index (χ0n) is 12.4. The van der Waals surface area contributed by atoms with Crippen molar-refractivity contribution in [2.75, 3.05) is 0 Å². The van der Waals surface area contributed by atoms with Gasteiger partial charge in [0.15, 0.2) is 0 Å². The number of aromatic nitrogens is 1. The molecule has 0 spiro atoms. The Kier molecular flexibility index (Phi) is 5.25. The predicted molar refractivity (Wildman–Crippen MR) is 76.0 cm³/mol. The van der Waals surface area contributed by atoms with Gasteiger partial charge in [-0.3, -0.25) is 14.6 Å². The molecule has 0 aliphatic carbocycles. The molecule has 1 atom stereocenters. The number of carboxylic acid groups (broad SMARTS) is 1. The van der Waals surface area contributed by atoms with Crippen LogP contribution in [0.15, 0.2) is 18.3 Å². The number of amides is 1. The Bertz CT molecular complexity index is 500. The lowest BCUT2D eigenvalue weighted by Crippen LogP contribution is -2.39. The summed E-state index contributed by atoms with van der Waals surface area (Å²) in [5.41, 5.74) is 0.739. The van der Waals surface area contributed by atoms with Gasteiger partial charge in [-0.05, 0) is 31.4 Å². The zero-order valence-corrected chi connectivity index (χ0v) is 12.4. The van der Waals surface area contributed by atoms with E-state index in [1.54, 1.807) is 13.1 Å². The highest BCUT2D eigenvalue weighted by atomic mass is 16.4. The number of pyridine rings is 1. The van der Waals surface area contributed by atoms with Gasteiger partial charge < -0.3 is 10.4 Å². The third kappa shape index (κ3) is 3.79. The third-order valence-corrected chi connectivity index (χ3v) is 3.86. The van der Waals surface area contributed by atoms with Crippen LogP contribution in [0.2, 0.25) is 0 Å². The molecule has 0 bridgehead atoms. The second-order valence-electron chi connectivity index (χ2n) is 5.60. The molecule has 0 aromatic carbocycles. The number of carboxylic acids is 1. The van der Waals surface area contributed by atoms with Gasteiger partial charge in [-0.1, -0.05) is 19.9 Å². The number of aliphatic carboxylic acids is 1. The Balaban J connectivity index is 2.64. The summed E-state index contributed by atoms with van der Waals surface area (Å²) in [6.45, 7) is 7.46. The maximum atomic E-state index is 11.9. The molecular formula is C15H22N2O3. The summed E-state index contributed by atoms with van der Waals surface area (Å²) in [6, 6.07) is 3.75. The van der Waals surface area contributed by atoms with Gasteiger partial charge in [0.2, 0.25) is 5.91 Å². The molecule has 0 aliphatic heterocycles. The van der Waals surface area contributed by atoms with E-state index in [0.29, 0.717) is 6.54 Å². The summed E-state index contributed by atoms with van der Waals surface area (Å²) in [5, 5.41) is 12.0. The minimum absolute atomic E-state index is 0.0358. The van der Waals surface area contributed by atoms with Crippen LogP contribution in [0.5, 0.6) is 0 Å². The van der Waals surface area contributed by atoms with E-state index >= 15 is 0 Å². The third-order valence-electron chi connectivity index (χ3n) is 3.86. The number of hydrogen-bond donors (Lipinski definition) is 2. The highest BCUT2D eigenvalue weighted by molar-refractivity contribution is 5.84. The van der Waals surface area contributed by atoms with Crippen LogP contribution in [-0.2, 0) is 16.1 Å². The molecule has 1 aromatic rings. The van der Waals surface area contributed by atoms with E-state index in [2.05, 4.69) is 10.3 Å². The predicted octanol–water partition coefficient (Wildman–Crippen LogP) is 2.14. The molecule has 0 saturated carbocycles. The average Bonchev–Trinajstić information content (AvgIpc) is 2.37. The molecule has 1 unspecified atom stereocenters. The van der Waals surface area contributed by atoms with Gasteiger partial charge in [-0.25, -0.2) is 0 Å². The molecule has 1 heterocycles. The van der Waals surface area contributed by atoms with Crippen molar-refractivity contribution in [3.63, 3.8) is 0 Å². The molecule has 5 nitrogen and oxygen atoms in total. The molecule has 1 amide bonds. The summed E-state index contributed by atoms with van der Waals surface area (Å²) in [4.78, 5) is 27.5. The van der Waals surface area contributed by atoms with Crippen molar-refractivity contribution in [1.82, 2.24) is 10.3 Å². The average molecular weight is 278 g/mol. The van der Waals surface area contributed by atoms with Gasteiger partial charge in [-0.2, -0.15) is 0 Å². The molecule has 1 aromatic heterocycles. The Morgan fingerprint density at radius 1 is 1.45 bits per heavy atom. The smallest absolute Gasteiger partial charge is 0.310 e. The molecular weight excluding hydrogens is 256 g/mol. The van der Waals surface area contributed by atoms with Gasteiger partial charge in [0.25, 0.3) is 0 Å². The van der Waals surface area contributed by atoms with Crippen molar-refractivity contribution in [3.05, 3.63) is 29.6 Å². The van der Waals surface area contributed by atoms with Crippen LogP contribution in [0.3, 0.4) is 0 Å². The topological polar surface area (TPSA) is 79.3 Å². The minimum Gasteiger partial charge on any atom is -0.481 e. The van der Waals surface area contributed by atoms with Crippen LogP contribution in [0.1, 0.15) is 38.4 Å². The van der Waals surface area contributed by atoms with Gasteiger partial charge in [0.1, 0.15) is 0 Å². The molecule has 0 saturated heterocycles. The fourth-order valence-corrected chi connectivity index (χ4v) is 1.81. The van der Waals surface area contributed by atoms with Crippen molar-refractivity contribution < 1.29 is 14.7 Å². The number of hydrogen-bond acceptors (Lipinski definition) is 3. The lowest BCUT2D eigenvalue weighted by Gasteiger charge is -2.28. The van der Waals surface area contributed by atoms with Gasteiger partial charge in [0.05, 0.1) is 17.7 Å². The number of nitrogens with zero attached hydrogens (tertiary/aromatic N) is 1. The van der Waals surface area contributed by atoms with Crippen LogP contribution >= 0.6 is 0 Å². The Morgan fingerprint density at radius 3 is 2.60 bits per heavy atom. The first-order valence-electron chi connectivity index (χ1n) is 6.68. The molecule has 0 fully saturated rings. The van der Waals surface area contributed by atoms with E-state index < -0.39 is 11.4 Å². The van der Waals surface area contributed by atoms with Crippen molar-refractivity contribution >= 4 is 11.9 Å². The van der Waals surface area contributed by atoms with Crippen LogP contribution < -0.4 is 5.32 Å². The molecule has 2 N–H and O–H groups in total. The van der Waals surface area contributed by atoms with Crippen molar-refractivity contribution in [3.8, 4) is 0 Å². The van der Waals surface area contributed by atoms with E-state index in [1.165, 1.54) is 0 Å². The quantitative estimate of drug-likeness (QED) is 0.835. The largest absolute Gasteiger partial charge is 0.481 e. The fourth-order valence-electron chi connectivity index (χ4n) is 1.81. The standard InChI is InChI=1S/C15H22N2O3/c1-10(2)15(4,14(19)20)8-13(18)17-9-12-11(3)6-5-7-16-12/h5-7,10H,8-9H2,1-4H3,(H,17,18)(H,19,20). The summed E-state index contributed by atoms with van der Waals surface area (Å²) >= 11 is 0. The number of carbonyl (C=O) groups excluding carboxylic acids is 1. The molecule has 5 heteroatoms. The van der Waals surface area contributed by atoms with E-state index in [-0.39, 0.29) is 18.2 Å². The van der Waals surface area contributed by atoms with Crippen molar-refractivity contribution in [2.24, 2.45) is 11.3 Å². The van der Waals surface area contributed by atoms with Crippen LogP contribution in [0.4, 0.5) is 0 Å². The molecule has 20 heavy (non-hydrogen) atoms. The maximum Gasteiger partial charge on any atom is 0.310 e. The maximum absolute atomic E-state index is 11.9. The fraction of sp³-hybridized carbons (Fsp3) is 0.533. The first-order chi connectivity index (χ1) is 9.27. The number of aryl methyl sites for hydroxylation is 1. The first-order valence-corrected chi connectivity index (χ1v) is 6.68. The van der Waals surface area contributed by atoms with Crippen LogP contribution in [-0.4, -0.2) is 22.0 Å². The van der Waals surface area contributed by atoms with E-state index in [0.717, 1.165) is 11.3 Å². The second-order valence-corrected chi connectivity index (χ2v) is 5.60. The van der Waals surface area contributed by atoms with Crippen molar-refractivity contribution in [1.29, 1.82) is 0 Å². The minimum atomic E-state index is -1.05. The van der Waals surface area contributed by atoms with Gasteiger partial charge in [-0.15, -0.1) is 0 Å². The lowest BCUT2D eigenvalue weighted by molar-refractivity contribution is -0.153. The Labute approximate surface area is 119 Å². The van der Waals surface area contributed by atoms with Gasteiger partial charge >= 0.3 is 5.97 Å². The Morgan fingerprint density at radius 2 is 2.10 bits per heavy atom. The molecule has 110 valence electrons. The lowest BCUT2D eigenvalue weighted by atomic mass is 9.76. The molecule has 0 radical (unpaired) electrons. The highest BCUT2D eigenvalue weighted by Gasteiger charge is 2.38. The van der Waals surface area contributed by atoms with E-state index in [4.69, 9.17) is 0 Å². The number of nitrogens with one attached hydrogen (secondary N) is 1. The molecule has 0 aliphatic rings. The van der Waals surface area contributed by atoms with Crippen LogP contribution in [0.25, 0.3) is 0 Å². The van der Waals surface area contributed by atoms with Gasteiger partial charge in [0, 0.05) is 12.6 Å². The van der Waals surface area contributed by atoms with E-state index in [9.17, 15) is 14.7 Å².